The van der Waals surface area contributed by atoms with Gasteiger partial charge in [-0.1, -0.05) is 5.47 Å². The van der Waals surface area contributed by atoms with Crippen molar-refractivity contribution in [2.75, 3.05) is 13.2 Å². The third-order valence-corrected chi connectivity index (χ3v) is 2.65. The highest BCUT2D eigenvalue weighted by atomic mass is 19.2. The molecule has 4 nitrogen and oxygen atoms in total. The Morgan fingerprint density at radius 3 is 1.95 bits per heavy atom. The molecular weight excluding hydrogens is 265 g/mol. The van der Waals surface area contributed by atoms with Crippen molar-refractivity contribution in [2.45, 2.75) is 52.0 Å². The van der Waals surface area contributed by atoms with Gasteiger partial charge in [0.2, 0.25) is 0 Å². The maximum absolute atomic E-state index is 12.2. The summed E-state index contributed by atoms with van der Waals surface area (Å²) < 4.78 is 23.8. The van der Waals surface area contributed by atoms with Gasteiger partial charge < -0.3 is 15.9 Å². The third-order valence-electron chi connectivity index (χ3n) is 2.65. The van der Waals surface area contributed by atoms with Crippen molar-refractivity contribution < 1.29 is 19.0 Å². The second-order valence-corrected chi connectivity index (χ2v) is 5.50. The van der Waals surface area contributed by atoms with Crippen molar-refractivity contribution >= 4 is 14.1 Å². The molecule has 0 saturated carbocycles. The number of allylic oxidation sites excluding steroid dienone is 2. The Balaban J connectivity index is 0. The zero-order valence-corrected chi connectivity index (χ0v) is 12.8. The Morgan fingerprint density at radius 1 is 1.30 bits per heavy atom. The van der Waals surface area contributed by atoms with Gasteiger partial charge in [0.25, 0.3) is 0 Å². The van der Waals surface area contributed by atoms with E-state index in [1.165, 1.54) is 6.21 Å². The first kappa shape index (κ1) is 21.4. The second kappa shape index (κ2) is 9.08. The summed E-state index contributed by atoms with van der Waals surface area (Å²) in [5, 5.41) is 18.2. The molecular formula is C13H25BF2N2O2. The fourth-order valence-corrected chi connectivity index (χ4v) is 0.416. The van der Waals surface area contributed by atoms with E-state index in [4.69, 9.17) is 23.8 Å². The monoisotopic (exact) mass is 290 g/mol. The van der Waals surface area contributed by atoms with Gasteiger partial charge in [-0.3, -0.25) is 4.99 Å². The fraction of sp³-hybridized carbons (Fsp3) is 0.769. The van der Waals surface area contributed by atoms with E-state index in [-0.39, 0.29) is 12.0 Å². The van der Waals surface area contributed by atoms with E-state index >= 15 is 0 Å². The SMILES string of the molecule is CC(C)(O)C(C)(C)O.[B]/C(C=NCC(F)CF)=C(\C)N. The number of aliphatic imine (C=N–C) groups is 1. The zero-order valence-electron chi connectivity index (χ0n) is 12.8. The molecule has 7 heteroatoms. The van der Waals surface area contributed by atoms with Crippen LogP contribution in [0.4, 0.5) is 8.78 Å². The lowest BCUT2D eigenvalue weighted by Gasteiger charge is -2.31. The van der Waals surface area contributed by atoms with Crippen LogP contribution in [0.25, 0.3) is 0 Å². The molecule has 1 atom stereocenters. The molecule has 0 aliphatic rings. The standard InChI is InChI=1S/C7H11BF2N2.C6H14O2/c1-5(11)7(8)4-12-3-6(10)2-9;1-5(2,7)6(3,4)8/h4,6H,2-3,11H2,1H3;7-8H,1-4H3/b7-5+,12-4?;. The third kappa shape index (κ3) is 10.9. The molecule has 0 aliphatic heterocycles. The lowest BCUT2D eigenvalue weighted by molar-refractivity contribution is -0.107. The Hall–Kier alpha value is -0.945. The number of aliphatic hydroxyl groups is 2. The molecule has 116 valence electrons. The molecule has 0 aliphatic carbocycles. The minimum Gasteiger partial charge on any atom is -0.403 e. The van der Waals surface area contributed by atoms with Crippen molar-refractivity contribution in [3.63, 3.8) is 0 Å². The summed E-state index contributed by atoms with van der Waals surface area (Å²) in [6.45, 7) is 6.66. The molecule has 20 heavy (non-hydrogen) atoms. The van der Waals surface area contributed by atoms with Crippen molar-refractivity contribution in [3.8, 4) is 0 Å². The Kier molecular flexibility index (Phi) is 9.69. The maximum Gasteiger partial charge on any atom is 0.148 e. The van der Waals surface area contributed by atoms with Gasteiger partial charge in [0.15, 0.2) is 0 Å². The summed E-state index contributed by atoms with van der Waals surface area (Å²) in [4.78, 5) is 3.56. The molecule has 1 unspecified atom stereocenters. The van der Waals surface area contributed by atoms with Crippen molar-refractivity contribution in [1.82, 2.24) is 0 Å². The molecule has 2 radical (unpaired) electrons. The number of nitrogens with zero attached hydrogens (tertiary/aromatic N) is 1. The van der Waals surface area contributed by atoms with Crippen LogP contribution in [-0.4, -0.2) is 54.9 Å². The number of hydrogen-bond acceptors (Lipinski definition) is 4. The van der Waals surface area contributed by atoms with E-state index in [2.05, 4.69) is 4.99 Å². The zero-order chi connectivity index (χ0) is 16.6. The highest BCUT2D eigenvalue weighted by molar-refractivity contribution is 6.33. The smallest absolute Gasteiger partial charge is 0.148 e. The van der Waals surface area contributed by atoms with Crippen LogP contribution in [0.5, 0.6) is 0 Å². The minimum atomic E-state index is -1.55. The van der Waals surface area contributed by atoms with E-state index in [1.807, 2.05) is 0 Å². The Bertz CT molecular complexity index is 318. The van der Waals surface area contributed by atoms with E-state index in [0.717, 1.165) is 0 Å². The van der Waals surface area contributed by atoms with Gasteiger partial charge in [-0.15, -0.1) is 0 Å². The van der Waals surface area contributed by atoms with Gasteiger partial charge in [-0.2, -0.15) is 0 Å². The predicted octanol–water partition coefficient (Wildman–Crippen LogP) is 1.25. The summed E-state index contributed by atoms with van der Waals surface area (Å²) in [7, 11) is 5.33. The molecule has 4 N–H and O–H groups in total. The Labute approximate surface area is 121 Å². The van der Waals surface area contributed by atoms with Gasteiger partial charge in [0.05, 0.1) is 17.7 Å². The average molecular weight is 290 g/mol. The molecule has 0 fully saturated rings. The second-order valence-electron chi connectivity index (χ2n) is 5.50. The van der Waals surface area contributed by atoms with Crippen LogP contribution in [-0.2, 0) is 0 Å². The quantitative estimate of drug-likeness (QED) is 0.526. The number of rotatable bonds is 5. The first-order valence-electron chi connectivity index (χ1n) is 6.19. The normalized spacial score (nSPS) is 15.4. The van der Waals surface area contributed by atoms with Crippen LogP contribution >= 0.6 is 0 Å². The topological polar surface area (TPSA) is 78.8 Å². The molecule has 0 aromatic carbocycles. The van der Waals surface area contributed by atoms with E-state index in [0.29, 0.717) is 5.70 Å². The largest absolute Gasteiger partial charge is 0.403 e. The summed E-state index contributed by atoms with van der Waals surface area (Å²) in [6.07, 6.45) is -0.315. The van der Waals surface area contributed by atoms with Gasteiger partial charge in [0, 0.05) is 6.21 Å². The highest BCUT2D eigenvalue weighted by Gasteiger charge is 2.31. The van der Waals surface area contributed by atoms with Crippen LogP contribution in [0.15, 0.2) is 16.2 Å². The van der Waals surface area contributed by atoms with Crippen molar-refractivity contribution in [3.05, 3.63) is 11.2 Å². The Morgan fingerprint density at radius 2 is 1.70 bits per heavy atom. The molecule has 0 aromatic heterocycles. The highest BCUT2D eigenvalue weighted by Crippen LogP contribution is 2.19. The van der Waals surface area contributed by atoms with Gasteiger partial charge >= 0.3 is 0 Å². The number of halogens is 2. The molecule has 0 amide bonds. The lowest BCUT2D eigenvalue weighted by atomic mass is 9.90. The van der Waals surface area contributed by atoms with Crippen LogP contribution in [0.2, 0.25) is 0 Å². The molecule has 0 aromatic rings. The molecule has 0 rings (SSSR count). The molecule has 0 spiro atoms. The summed E-state index contributed by atoms with van der Waals surface area (Å²) in [5.74, 6) is 0. The molecule has 0 heterocycles. The fourth-order valence-electron chi connectivity index (χ4n) is 0.416. The van der Waals surface area contributed by atoms with Crippen molar-refractivity contribution in [2.24, 2.45) is 10.7 Å². The molecule has 0 bridgehead atoms. The maximum atomic E-state index is 12.2. The number of alkyl halides is 2. The minimum absolute atomic E-state index is 0.218. The van der Waals surface area contributed by atoms with Crippen LogP contribution in [0.3, 0.4) is 0 Å². The van der Waals surface area contributed by atoms with Crippen molar-refractivity contribution in [1.29, 1.82) is 0 Å². The average Bonchev–Trinajstić information content (AvgIpc) is 2.26. The van der Waals surface area contributed by atoms with Crippen LogP contribution in [0.1, 0.15) is 34.6 Å². The number of hydrogen-bond donors (Lipinski definition) is 3. The van der Waals surface area contributed by atoms with Gasteiger partial charge in [-0.05, 0) is 40.3 Å². The summed E-state index contributed by atoms with van der Waals surface area (Å²) in [6, 6.07) is 0. The van der Waals surface area contributed by atoms with E-state index in [1.54, 1.807) is 34.6 Å². The first-order valence-corrected chi connectivity index (χ1v) is 6.19. The van der Waals surface area contributed by atoms with Gasteiger partial charge in [-0.25, -0.2) is 8.78 Å². The molecule has 0 saturated heterocycles. The van der Waals surface area contributed by atoms with Crippen LogP contribution < -0.4 is 5.73 Å². The first-order chi connectivity index (χ1) is 8.82. The summed E-state index contributed by atoms with van der Waals surface area (Å²) in [5.41, 5.74) is 3.96. The lowest BCUT2D eigenvalue weighted by Crippen LogP contribution is -2.44. The number of nitrogens with two attached hydrogens (primary N) is 1. The van der Waals surface area contributed by atoms with Crippen LogP contribution in [0, 0.1) is 0 Å². The summed E-state index contributed by atoms with van der Waals surface area (Å²) >= 11 is 0. The predicted molar refractivity (Wildman–Crippen MR) is 79.5 cm³/mol. The van der Waals surface area contributed by atoms with E-state index in [9.17, 15) is 8.78 Å². The van der Waals surface area contributed by atoms with E-state index < -0.39 is 24.0 Å². The van der Waals surface area contributed by atoms with Gasteiger partial charge in [0.1, 0.15) is 20.7 Å².